The third-order valence-electron chi connectivity index (χ3n) is 4.70. The number of hydrogen-bond acceptors (Lipinski definition) is 4. The summed E-state index contributed by atoms with van der Waals surface area (Å²) in [5, 5.41) is 13.5. The number of nitrogens with one attached hydrogen (secondary N) is 1. The molecule has 2 N–H and O–H groups in total. The van der Waals surface area contributed by atoms with Crippen molar-refractivity contribution in [1.29, 1.82) is 0 Å². The van der Waals surface area contributed by atoms with Gasteiger partial charge in [0, 0.05) is 12.1 Å². The van der Waals surface area contributed by atoms with E-state index in [1.54, 1.807) is 0 Å². The summed E-state index contributed by atoms with van der Waals surface area (Å²) in [6.45, 7) is 3.90. The summed E-state index contributed by atoms with van der Waals surface area (Å²) in [7, 11) is 0. The number of benzene rings is 1. The minimum absolute atomic E-state index is 0.0218. The molecule has 2 aliphatic rings. The van der Waals surface area contributed by atoms with Crippen LogP contribution in [-0.4, -0.2) is 31.0 Å². The van der Waals surface area contributed by atoms with Crippen molar-refractivity contribution in [3.8, 4) is 11.5 Å². The lowest BCUT2D eigenvalue weighted by Crippen LogP contribution is -2.43. The molecule has 4 heteroatoms. The number of aliphatic hydroxyl groups is 1. The van der Waals surface area contributed by atoms with Crippen LogP contribution < -0.4 is 14.8 Å². The Kier molecular flexibility index (Phi) is 4.36. The maximum absolute atomic E-state index is 9.86. The Hall–Kier alpha value is -1.26. The van der Waals surface area contributed by atoms with Gasteiger partial charge in [0.25, 0.3) is 0 Å². The highest BCUT2D eigenvalue weighted by Gasteiger charge is 2.36. The Morgan fingerprint density at radius 2 is 1.90 bits per heavy atom. The normalized spacial score (nSPS) is 21.2. The van der Waals surface area contributed by atoms with E-state index in [4.69, 9.17) is 9.47 Å². The van der Waals surface area contributed by atoms with Crippen molar-refractivity contribution in [3.05, 3.63) is 23.8 Å². The van der Waals surface area contributed by atoms with Crippen LogP contribution in [0.5, 0.6) is 11.5 Å². The van der Waals surface area contributed by atoms with Crippen LogP contribution in [0, 0.1) is 0 Å². The minimum atomic E-state index is -0.278. The van der Waals surface area contributed by atoms with E-state index in [1.165, 1.54) is 18.4 Å². The molecule has 1 fully saturated rings. The molecule has 21 heavy (non-hydrogen) atoms. The van der Waals surface area contributed by atoms with Gasteiger partial charge in [-0.3, -0.25) is 0 Å². The third-order valence-corrected chi connectivity index (χ3v) is 4.70. The number of aliphatic hydroxyl groups excluding tert-OH is 1. The lowest BCUT2D eigenvalue weighted by molar-refractivity contribution is 0.149. The summed E-state index contributed by atoms with van der Waals surface area (Å²) in [6.07, 6.45) is 5.18. The number of fused-ring (bicyclic) bond motifs is 1. The van der Waals surface area contributed by atoms with E-state index >= 15 is 0 Å². The Labute approximate surface area is 126 Å². The van der Waals surface area contributed by atoms with E-state index in [9.17, 15) is 5.11 Å². The second-order valence-corrected chi connectivity index (χ2v) is 6.09. The van der Waals surface area contributed by atoms with E-state index in [-0.39, 0.29) is 11.6 Å². The summed E-state index contributed by atoms with van der Waals surface area (Å²) in [6, 6.07) is 6.27. The molecule has 1 heterocycles. The molecule has 0 aromatic heterocycles. The summed E-state index contributed by atoms with van der Waals surface area (Å²) in [4.78, 5) is 0. The Bertz CT molecular complexity index is 483. The van der Waals surface area contributed by atoms with Crippen LogP contribution in [0.2, 0.25) is 0 Å². The molecular formula is C17H25NO3. The summed E-state index contributed by atoms with van der Waals surface area (Å²) < 4.78 is 11.3. The second kappa shape index (κ2) is 6.24. The van der Waals surface area contributed by atoms with Crippen LogP contribution in [0.4, 0.5) is 0 Å². The van der Waals surface area contributed by atoms with Crippen molar-refractivity contribution < 1.29 is 14.6 Å². The molecule has 0 spiro atoms. The molecule has 0 saturated heterocycles. The average Bonchev–Trinajstić information content (AvgIpc) is 3.02. The number of ether oxygens (including phenoxy) is 2. The monoisotopic (exact) mass is 291 g/mol. The zero-order chi connectivity index (χ0) is 14.7. The van der Waals surface area contributed by atoms with E-state index in [0.717, 1.165) is 30.8 Å². The fourth-order valence-electron chi connectivity index (χ4n) is 3.34. The molecule has 1 saturated carbocycles. The first-order valence-electron chi connectivity index (χ1n) is 8.07. The molecule has 0 unspecified atom stereocenters. The van der Waals surface area contributed by atoms with Gasteiger partial charge in [-0.1, -0.05) is 25.8 Å². The molecule has 1 aromatic rings. The highest BCUT2D eigenvalue weighted by molar-refractivity contribution is 5.46. The van der Waals surface area contributed by atoms with Gasteiger partial charge in [-0.15, -0.1) is 0 Å². The van der Waals surface area contributed by atoms with Crippen LogP contribution in [0.15, 0.2) is 18.2 Å². The van der Waals surface area contributed by atoms with Crippen molar-refractivity contribution >= 4 is 0 Å². The topological polar surface area (TPSA) is 50.7 Å². The van der Waals surface area contributed by atoms with Gasteiger partial charge < -0.3 is 19.9 Å². The number of hydrogen-bond donors (Lipinski definition) is 2. The molecule has 1 atom stereocenters. The van der Waals surface area contributed by atoms with Gasteiger partial charge in [0.15, 0.2) is 11.5 Å². The van der Waals surface area contributed by atoms with Crippen LogP contribution in [0.1, 0.15) is 44.6 Å². The van der Waals surface area contributed by atoms with E-state index in [2.05, 4.69) is 17.4 Å². The smallest absolute Gasteiger partial charge is 0.161 e. The molecule has 0 radical (unpaired) electrons. The maximum atomic E-state index is 9.86. The molecule has 1 aromatic carbocycles. The lowest BCUT2D eigenvalue weighted by Gasteiger charge is -2.33. The molecule has 4 nitrogen and oxygen atoms in total. The standard InChI is InChI=1S/C17H25NO3/c1-2-14(19)12-18-17(7-3-4-8-17)13-5-6-15-16(11-13)21-10-9-20-15/h5-6,11,14,18-19H,2-4,7-10,12H2,1H3/t14-/m1/s1. The van der Waals surface area contributed by atoms with Crippen molar-refractivity contribution in [2.24, 2.45) is 0 Å². The predicted octanol–water partition coefficient (Wildman–Crippen LogP) is 2.59. The Morgan fingerprint density at radius 1 is 1.19 bits per heavy atom. The van der Waals surface area contributed by atoms with Gasteiger partial charge in [-0.05, 0) is 37.0 Å². The van der Waals surface area contributed by atoms with Gasteiger partial charge in [0.1, 0.15) is 13.2 Å². The average molecular weight is 291 g/mol. The second-order valence-electron chi connectivity index (χ2n) is 6.09. The first-order valence-corrected chi connectivity index (χ1v) is 8.07. The highest BCUT2D eigenvalue weighted by Crippen LogP contribution is 2.42. The molecule has 1 aliphatic heterocycles. The fourth-order valence-corrected chi connectivity index (χ4v) is 3.34. The zero-order valence-electron chi connectivity index (χ0n) is 12.7. The molecule has 3 rings (SSSR count). The van der Waals surface area contributed by atoms with Crippen molar-refractivity contribution in [1.82, 2.24) is 5.32 Å². The van der Waals surface area contributed by atoms with Gasteiger partial charge in [0.05, 0.1) is 6.10 Å². The first-order chi connectivity index (χ1) is 10.2. The fraction of sp³-hybridized carbons (Fsp3) is 0.647. The summed E-state index contributed by atoms with van der Waals surface area (Å²) in [5.41, 5.74) is 1.24. The molecule has 0 amide bonds. The first kappa shape index (κ1) is 14.7. The van der Waals surface area contributed by atoms with Gasteiger partial charge >= 0.3 is 0 Å². The van der Waals surface area contributed by atoms with Gasteiger partial charge in [-0.2, -0.15) is 0 Å². The third kappa shape index (κ3) is 3.01. The quantitative estimate of drug-likeness (QED) is 0.875. The summed E-state index contributed by atoms with van der Waals surface area (Å²) in [5.74, 6) is 1.69. The molecular weight excluding hydrogens is 266 g/mol. The van der Waals surface area contributed by atoms with Gasteiger partial charge in [0.2, 0.25) is 0 Å². The van der Waals surface area contributed by atoms with Crippen LogP contribution in [0.25, 0.3) is 0 Å². The van der Waals surface area contributed by atoms with E-state index in [1.807, 2.05) is 13.0 Å². The zero-order valence-corrected chi connectivity index (χ0v) is 12.7. The van der Waals surface area contributed by atoms with Gasteiger partial charge in [-0.25, -0.2) is 0 Å². The largest absolute Gasteiger partial charge is 0.486 e. The molecule has 1 aliphatic carbocycles. The molecule has 0 bridgehead atoms. The Balaban J connectivity index is 1.83. The van der Waals surface area contributed by atoms with Crippen molar-refractivity contribution in [3.63, 3.8) is 0 Å². The van der Waals surface area contributed by atoms with Crippen LogP contribution >= 0.6 is 0 Å². The van der Waals surface area contributed by atoms with Crippen molar-refractivity contribution in [2.45, 2.75) is 50.7 Å². The predicted molar refractivity (Wildman–Crippen MR) is 81.9 cm³/mol. The lowest BCUT2D eigenvalue weighted by atomic mass is 9.87. The molecule has 116 valence electrons. The van der Waals surface area contributed by atoms with E-state index < -0.39 is 0 Å². The van der Waals surface area contributed by atoms with Crippen molar-refractivity contribution in [2.75, 3.05) is 19.8 Å². The number of rotatable bonds is 5. The van der Waals surface area contributed by atoms with Crippen LogP contribution in [0.3, 0.4) is 0 Å². The van der Waals surface area contributed by atoms with Crippen LogP contribution in [-0.2, 0) is 5.54 Å². The summed E-state index contributed by atoms with van der Waals surface area (Å²) >= 11 is 0. The highest BCUT2D eigenvalue weighted by atomic mass is 16.6. The SMILES string of the molecule is CC[C@@H](O)CNC1(c2ccc3c(c2)OCCO3)CCCC1. The maximum Gasteiger partial charge on any atom is 0.161 e. The minimum Gasteiger partial charge on any atom is -0.486 e. The van der Waals surface area contributed by atoms with E-state index in [0.29, 0.717) is 19.8 Å². The Morgan fingerprint density at radius 3 is 2.62 bits per heavy atom.